The zero-order valence-electron chi connectivity index (χ0n) is 9.88. The van der Waals surface area contributed by atoms with Crippen LogP contribution in [0, 0.1) is 0 Å². The first-order valence-corrected chi connectivity index (χ1v) is 5.61. The topological polar surface area (TPSA) is 27.7 Å². The molecule has 0 aliphatic carbocycles. The fraction of sp³-hybridized carbons (Fsp3) is 1.00. The van der Waals surface area contributed by atoms with Gasteiger partial charge in [-0.2, -0.15) is 0 Å². The molecular formula is C7H18BCl3INO3. The van der Waals surface area contributed by atoms with E-state index in [1.54, 1.807) is 0 Å². The van der Waals surface area contributed by atoms with Gasteiger partial charge in [-0.15, -0.1) is 0 Å². The van der Waals surface area contributed by atoms with Crippen molar-refractivity contribution in [1.82, 2.24) is 0 Å². The van der Waals surface area contributed by atoms with Gasteiger partial charge in [-0.25, -0.2) is 0 Å². The third-order valence-corrected chi connectivity index (χ3v) is 2.94. The SMILES string of the molecule is CC[N+](C)(CC)CC.ClOB(OCl)OCl.[I-]. The molecule has 16 heavy (non-hydrogen) atoms. The Morgan fingerprint density at radius 2 is 1.12 bits per heavy atom. The fourth-order valence-electron chi connectivity index (χ4n) is 0.712. The van der Waals surface area contributed by atoms with Crippen LogP contribution in [0.3, 0.4) is 0 Å². The van der Waals surface area contributed by atoms with E-state index in [-0.39, 0.29) is 24.0 Å². The first-order chi connectivity index (χ1) is 7.03. The van der Waals surface area contributed by atoms with Crippen molar-refractivity contribution in [3.63, 3.8) is 0 Å². The number of halogens is 4. The second kappa shape index (κ2) is 14.6. The van der Waals surface area contributed by atoms with Gasteiger partial charge < -0.3 is 28.5 Å². The lowest BCUT2D eigenvalue weighted by atomic mass is 10.3. The van der Waals surface area contributed by atoms with Crippen LogP contribution < -0.4 is 24.0 Å². The Kier molecular flexibility index (Phi) is 20.6. The molecule has 0 aromatic carbocycles. The normalized spacial score (nSPS) is 9.94. The first kappa shape index (κ1) is 22.7. The van der Waals surface area contributed by atoms with E-state index in [9.17, 15) is 0 Å². The van der Waals surface area contributed by atoms with Crippen molar-refractivity contribution in [1.29, 1.82) is 0 Å². The Bertz CT molecular complexity index is 128. The smallest absolute Gasteiger partial charge is 0.690 e. The quantitative estimate of drug-likeness (QED) is 0.351. The zero-order chi connectivity index (χ0) is 12.3. The number of quaternary nitrogens is 1. The summed E-state index contributed by atoms with van der Waals surface area (Å²) >= 11 is 13.9. The largest absolute Gasteiger partial charge is 1.00 e. The second-order valence-corrected chi connectivity index (χ2v) is 3.66. The highest BCUT2D eigenvalue weighted by molar-refractivity contribution is 6.52. The Morgan fingerprint density at radius 1 is 0.875 bits per heavy atom. The highest BCUT2D eigenvalue weighted by Crippen LogP contribution is 1.99. The summed E-state index contributed by atoms with van der Waals surface area (Å²) in [5.41, 5.74) is 0. The molecule has 0 fully saturated rings. The zero-order valence-corrected chi connectivity index (χ0v) is 14.3. The van der Waals surface area contributed by atoms with Crippen LogP contribution in [0.25, 0.3) is 0 Å². The van der Waals surface area contributed by atoms with Gasteiger partial charge in [0, 0.05) is 35.6 Å². The summed E-state index contributed by atoms with van der Waals surface area (Å²) < 4.78 is 12.6. The maximum Gasteiger partial charge on any atom is 0.690 e. The maximum absolute atomic E-state index is 4.65. The average molecular weight is 408 g/mol. The van der Waals surface area contributed by atoms with E-state index >= 15 is 0 Å². The molecule has 0 unspecified atom stereocenters. The van der Waals surface area contributed by atoms with Crippen LogP contribution in [-0.4, -0.2) is 38.5 Å². The minimum Gasteiger partial charge on any atom is -1.00 e. The van der Waals surface area contributed by atoms with E-state index in [2.05, 4.69) is 76.0 Å². The monoisotopic (exact) mass is 407 g/mol. The molecule has 0 radical (unpaired) electrons. The molecule has 0 saturated carbocycles. The predicted octanol–water partition coefficient (Wildman–Crippen LogP) is -0.0208. The Hall–Kier alpha value is 1.50. The summed E-state index contributed by atoms with van der Waals surface area (Å²) in [6.07, 6.45) is 0. The summed E-state index contributed by atoms with van der Waals surface area (Å²) in [5.74, 6) is 0. The van der Waals surface area contributed by atoms with E-state index in [0.717, 1.165) is 0 Å². The molecule has 0 aromatic heterocycles. The summed E-state index contributed by atoms with van der Waals surface area (Å²) in [6, 6.07) is 0. The number of rotatable bonds is 6. The van der Waals surface area contributed by atoms with Crippen LogP contribution >= 0.6 is 35.6 Å². The number of nitrogens with zero attached hydrogens (tertiary/aromatic N) is 1. The van der Waals surface area contributed by atoms with Crippen molar-refractivity contribution in [2.75, 3.05) is 26.7 Å². The van der Waals surface area contributed by atoms with Gasteiger partial charge in [0.05, 0.1) is 26.7 Å². The van der Waals surface area contributed by atoms with Crippen molar-refractivity contribution >= 4 is 42.9 Å². The number of hydrogen-bond acceptors (Lipinski definition) is 3. The predicted molar refractivity (Wildman–Crippen MR) is 64.4 cm³/mol. The summed E-state index contributed by atoms with van der Waals surface area (Å²) in [6.45, 7) is 10.5. The third kappa shape index (κ3) is 12.0. The molecule has 100 valence electrons. The van der Waals surface area contributed by atoms with E-state index in [4.69, 9.17) is 0 Å². The van der Waals surface area contributed by atoms with Gasteiger partial charge in [0.2, 0.25) is 0 Å². The molecule has 0 N–H and O–H groups in total. The fourth-order valence-corrected chi connectivity index (χ4v) is 1.04. The third-order valence-electron chi connectivity index (χ3n) is 2.51. The van der Waals surface area contributed by atoms with Crippen molar-refractivity contribution in [3.8, 4) is 0 Å². The van der Waals surface area contributed by atoms with Crippen LogP contribution in [0.2, 0.25) is 0 Å². The summed E-state index contributed by atoms with van der Waals surface area (Å²) in [5, 5.41) is 0. The molecule has 0 amide bonds. The van der Waals surface area contributed by atoms with Gasteiger partial charge in [-0.1, -0.05) is 0 Å². The van der Waals surface area contributed by atoms with E-state index in [0.29, 0.717) is 0 Å². The highest BCUT2D eigenvalue weighted by atomic mass is 127. The Balaban J connectivity index is -0.000000200. The highest BCUT2D eigenvalue weighted by Gasteiger charge is 2.19. The van der Waals surface area contributed by atoms with Crippen molar-refractivity contribution in [3.05, 3.63) is 0 Å². The molecule has 0 spiro atoms. The molecule has 0 rings (SSSR count). The van der Waals surface area contributed by atoms with Gasteiger partial charge in [-0.05, 0) is 20.8 Å². The van der Waals surface area contributed by atoms with Gasteiger partial charge in [-0.3, -0.25) is 12.6 Å². The van der Waals surface area contributed by atoms with Crippen LogP contribution in [0.1, 0.15) is 20.8 Å². The number of hydrogen-bond donors (Lipinski definition) is 0. The molecule has 9 heteroatoms. The standard InChI is InChI=1S/C7H18N.BCl3O3.HI/c1-5-8(4,6-2)7-3;2-5-1(6-3)7-4;/h5-7H2,1-4H3;;1H/q+1;;/p-1. The average Bonchev–Trinajstić information content (AvgIpc) is 2.31. The lowest BCUT2D eigenvalue weighted by molar-refractivity contribution is -0.904. The molecular weight excluding hydrogens is 390 g/mol. The van der Waals surface area contributed by atoms with Crippen LogP contribution in [0.15, 0.2) is 0 Å². The van der Waals surface area contributed by atoms with E-state index < -0.39 is 7.32 Å². The molecule has 0 saturated heterocycles. The van der Waals surface area contributed by atoms with Gasteiger partial charge in [0.1, 0.15) is 0 Å². The van der Waals surface area contributed by atoms with Gasteiger partial charge in [0.15, 0.2) is 0 Å². The van der Waals surface area contributed by atoms with Crippen LogP contribution in [0.4, 0.5) is 0 Å². The molecule has 0 heterocycles. The lowest BCUT2D eigenvalue weighted by Gasteiger charge is -2.30. The van der Waals surface area contributed by atoms with E-state index in [1.807, 2.05) is 0 Å². The van der Waals surface area contributed by atoms with Gasteiger partial charge >= 0.3 is 7.32 Å². The Morgan fingerprint density at radius 3 is 1.12 bits per heavy atom. The molecule has 4 nitrogen and oxygen atoms in total. The molecule has 0 aliphatic heterocycles. The first-order valence-electron chi connectivity index (χ1n) is 4.69. The Labute approximate surface area is 131 Å². The molecule has 0 bridgehead atoms. The summed E-state index contributed by atoms with van der Waals surface area (Å²) in [4.78, 5) is 0. The van der Waals surface area contributed by atoms with Crippen LogP contribution in [0.5, 0.6) is 0 Å². The van der Waals surface area contributed by atoms with E-state index in [1.165, 1.54) is 24.1 Å². The van der Waals surface area contributed by atoms with Crippen molar-refractivity contribution < 1.29 is 41.1 Å². The van der Waals surface area contributed by atoms with Crippen LogP contribution in [-0.2, 0) is 12.6 Å². The summed E-state index contributed by atoms with van der Waals surface area (Å²) in [7, 11) is 1.07. The minimum absolute atomic E-state index is 0. The second-order valence-electron chi connectivity index (χ2n) is 3.12. The van der Waals surface area contributed by atoms with Crippen molar-refractivity contribution in [2.24, 2.45) is 0 Å². The minimum atomic E-state index is -1.22. The molecule has 0 aliphatic rings. The van der Waals surface area contributed by atoms with Crippen molar-refractivity contribution in [2.45, 2.75) is 20.8 Å². The molecule has 0 atom stereocenters. The van der Waals surface area contributed by atoms with Gasteiger partial charge in [0.25, 0.3) is 0 Å². The maximum atomic E-state index is 4.65. The lowest BCUT2D eigenvalue weighted by Crippen LogP contribution is -3.00. The molecule has 0 aromatic rings.